The predicted octanol–water partition coefficient (Wildman–Crippen LogP) is 1.78. The highest BCUT2D eigenvalue weighted by Crippen LogP contribution is 2.36. The van der Waals surface area contributed by atoms with Crippen LogP contribution in [-0.2, 0) is 4.79 Å². The van der Waals surface area contributed by atoms with Crippen molar-refractivity contribution in [3.05, 3.63) is 0 Å². The Balaban J connectivity index is 2.88. The molecule has 0 atom stereocenters. The molecule has 1 N–H and O–H groups in total. The number of urea groups is 1. The molecule has 0 aromatic heterocycles. The zero-order valence-corrected chi connectivity index (χ0v) is 10.9. The summed E-state index contributed by atoms with van der Waals surface area (Å²) in [4.78, 5) is 26.1. The monoisotopic (exact) mass is 242 g/mol. The van der Waals surface area contributed by atoms with E-state index < -0.39 is 11.5 Å². The van der Waals surface area contributed by atoms with E-state index in [2.05, 4.69) is 0 Å². The molecule has 1 saturated carbocycles. The molecule has 2 amide bonds. The van der Waals surface area contributed by atoms with Gasteiger partial charge in [-0.2, -0.15) is 0 Å². The summed E-state index contributed by atoms with van der Waals surface area (Å²) in [6.07, 6.45) is 4.75. The molecule has 1 aliphatic carbocycles. The van der Waals surface area contributed by atoms with Gasteiger partial charge in [0.25, 0.3) is 0 Å². The minimum atomic E-state index is -0.828. The Hall–Kier alpha value is -1.26. The van der Waals surface area contributed by atoms with E-state index in [1.54, 1.807) is 26.0 Å². The second-order valence-electron chi connectivity index (χ2n) is 5.09. The van der Waals surface area contributed by atoms with E-state index in [1.165, 1.54) is 4.90 Å². The molecule has 0 aromatic carbocycles. The molecule has 98 valence electrons. The van der Waals surface area contributed by atoms with Crippen molar-refractivity contribution in [2.45, 2.75) is 44.1 Å². The van der Waals surface area contributed by atoms with E-state index in [0.29, 0.717) is 0 Å². The quantitative estimate of drug-likeness (QED) is 0.820. The van der Waals surface area contributed by atoms with Crippen molar-refractivity contribution in [1.29, 1.82) is 0 Å². The Morgan fingerprint density at radius 3 is 2.06 bits per heavy atom. The number of rotatable bonds is 3. The van der Waals surface area contributed by atoms with Crippen LogP contribution in [0.1, 0.15) is 38.5 Å². The van der Waals surface area contributed by atoms with E-state index in [0.717, 1.165) is 32.1 Å². The highest BCUT2D eigenvalue weighted by molar-refractivity contribution is 5.76. The van der Waals surface area contributed by atoms with Gasteiger partial charge >= 0.3 is 12.0 Å². The van der Waals surface area contributed by atoms with Crippen LogP contribution < -0.4 is 0 Å². The van der Waals surface area contributed by atoms with Gasteiger partial charge in [0.2, 0.25) is 0 Å². The number of carboxylic acid groups (broad SMARTS) is 1. The Labute approximate surface area is 102 Å². The molecule has 0 heterocycles. The maximum absolute atomic E-state index is 12.0. The van der Waals surface area contributed by atoms with Gasteiger partial charge < -0.3 is 14.9 Å². The van der Waals surface area contributed by atoms with Crippen LogP contribution in [0.5, 0.6) is 0 Å². The number of aliphatic carboxylic acids is 1. The first-order valence-corrected chi connectivity index (χ1v) is 6.06. The molecular formula is C12H22N2O3. The first-order valence-electron chi connectivity index (χ1n) is 6.06. The predicted molar refractivity (Wildman–Crippen MR) is 64.9 cm³/mol. The second-order valence-corrected chi connectivity index (χ2v) is 5.09. The average molecular weight is 242 g/mol. The summed E-state index contributed by atoms with van der Waals surface area (Å²) in [5.41, 5.74) is -0.495. The third-order valence-electron chi connectivity index (χ3n) is 3.65. The summed E-state index contributed by atoms with van der Waals surface area (Å²) in [5, 5.41) is 9.05. The molecular weight excluding hydrogens is 220 g/mol. The van der Waals surface area contributed by atoms with Crippen LogP contribution in [0.4, 0.5) is 4.79 Å². The maximum Gasteiger partial charge on any atom is 0.319 e. The van der Waals surface area contributed by atoms with Crippen molar-refractivity contribution >= 4 is 12.0 Å². The van der Waals surface area contributed by atoms with Crippen LogP contribution >= 0.6 is 0 Å². The zero-order chi connectivity index (χ0) is 13.1. The van der Waals surface area contributed by atoms with Crippen molar-refractivity contribution in [2.75, 3.05) is 21.1 Å². The number of amides is 2. The van der Waals surface area contributed by atoms with Gasteiger partial charge in [-0.15, -0.1) is 0 Å². The van der Waals surface area contributed by atoms with E-state index in [-0.39, 0.29) is 12.5 Å². The molecule has 0 bridgehead atoms. The van der Waals surface area contributed by atoms with Gasteiger partial charge in [-0.1, -0.05) is 19.3 Å². The molecule has 5 heteroatoms. The Morgan fingerprint density at radius 2 is 1.65 bits per heavy atom. The average Bonchev–Trinajstić information content (AvgIpc) is 2.27. The smallest absolute Gasteiger partial charge is 0.319 e. The first-order chi connectivity index (χ1) is 7.89. The lowest BCUT2D eigenvalue weighted by Crippen LogP contribution is -2.54. The normalized spacial score (nSPS) is 18.5. The molecule has 1 fully saturated rings. The fraction of sp³-hybridized carbons (Fsp3) is 0.833. The van der Waals surface area contributed by atoms with Gasteiger partial charge in [0.15, 0.2) is 0 Å². The summed E-state index contributed by atoms with van der Waals surface area (Å²) in [5.74, 6) is -0.828. The largest absolute Gasteiger partial charge is 0.481 e. The maximum atomic E-state index is 12.0. The fourth-order valence-electron chi connectivity index (χ4n) is 2.63. The standard InChI is InChI=1S/C12H22N2O3/c1-13(2)11(17)14(3)12(9-10(15)16)7-5-4-6-8-12/h4-9H2,1-3H3,(H,15,16). The third kappa shape index (κ3) is 3.11. The van der Waals surface area contributed by atoms with E-state index >= 15 is 0 Å². The fourth-order valence-corrected chi connectivity index (χ4v) is 2.63. The van der Waals surface area contributed by atoms with Crippen molar-refractivity contribution in [3.8, 4) is 0 Å². The number of carboxylic acids is 1. The Kier molecular flexibility index (Phi) is 4.37. The number of carbonyl (C=O) groups excluding carboxylic acids is 1. The van der Waals surface area contributed by atoms with Gasteiger partial charge in [-0.05, 0) is 12.8 Å². The van der Waals surface area contributed by atoms with Gasteiger partial charge in [0, 0.05) is 21.1 Å². The molecule has 17 heavy (non-hydrogen) atoms. The van der Waals surface area contributed by atoms with E-state index in [9.17, 15) is 9.59 Å². The number of carbonyl (C=O) groups is 2. The minimum Gasteiger partial charge on any atom is -0.481 e. The molecule has 0 saturated heterocycles. The zero-order valence-electron chi connectivity index (χ0n) is 10.9. The summed E-state index contributed by atoms with van der Waals surface area (Å²) >= 11 is 0. The van der Waals surface area contributed by atoms with Crippen LogP contribution in [-0.4, -0.2) is 53.6 Å². The van der Waals surface area contributed by atoms with Gasteiger partial charge in [-0.3, -0.25) is 4.79 Å². The van der Waals surface area contributed by atoms with Gasteiger partial charge in [-0.25, -0.2) is 4.79 Å². The lowest BCUT2D eigenvalue weighted by molar-refractivity contribution is -0.140. The lowest BCUT2D eigenvalue weighted by Gasteiger charge is -2.44. The molecule has 0 spiro atoms. The number of hydrogen-bond acceptors (Lipinski definition) is 2. The van der Waals surface area contributed by atoms with E-state index in [4.69, 9.17) is 5.11 Å². The summed E-state index contributed by atoms with van der Waals surface area (Å²) in [7, 11) is 5.10. The summed E-state index contributed by atoms with van der Waals surface area (Å²) in [6.45, 7) is 0. The van der Waals surface area contributed by atoms with E-state index in [1.807, 2.05) is 0 Å². The van der Waals surface area contributed by atoms with Gasteiger partial charge in [0.05, 0.1) is 12.0 Å². The van der Waals surface area contributed by atoms with Crippen LogP contribution in [0.2, 0.25) is 0 Å². The molecule has 1 aliphatic rings. The summed E-state index contributed by atoms with van der Waals surface area (Å²) < 4.78 is 0. The Morgan fingerprint density at radius 1 is 1.12 bits per heavy atom. The molecule has 0 radical (unpaired) electrons. The molecule has 5 nitrogen and oxygen atoms in total. The molecule has 1 rings (SSSR count). The molecule has 0 unspecified atom stereocenters. The lowest BCUT2D eigenvalue weighted by atomic mass is 9.78. The van der Waals surface area contributed by atoms with Crippen LogP contribution in [0.15, 0.2) is 0 Å². The second kappa shape index (κ2) is 5.38. The number of nitrogens with zero attached hydrogens (tertiary/aromatic N) is 2. The highest BCUT2D eigenvalue weighted by Gasteiger charge is 2.40. The molecule has 0 aromatic rings. The number of hydrogen-bond donors (Lipinski definition) is 1. The van der Waals surface area contributed by atoms with Crippen molar-refractivity contribution in [1.82, 2.24) is 9.80 Å². The van der Waals surface area contributed by atoms with Crippen molar-refractivity contribution in [2.24, 2.45) is 0 Å². The summed E-state index contributed by atoms with van der Waals surface area (Å²) in [6, 6.07) is -0.117. The SMILES string of the molecule is CN(C)C(=O)N(C)C1(CC(=O)O)CCCCC1. The van der Waals surface area contributed by atoms with Crippen LogP contribution in [0.3, 0.4) is 0 Å². The molecule has 0 aliphatic heterocycles. The van der Waals surface area contributed by atoms with Crippen LogP contribution in [0, 0.1) is 0 Å². The van der Waals surface area contributed by atoms with Crippen molar-refractivity contribution < 1.29 is 14.7 Å². The Bertz CT molecular complexity index is 296. The minimum absolute atomic E-state index is 0.0447. The topological polar surface area (TPSA) is 60.9 Å². The third-order valence-corrected chi connectivity index (χ3v) is 3.65. The highest BCUT2D eigenvalue weighted by atomic mass is 16.4. The van der Waals surface area contributed by atoms with Crippen LogP contribution in [0.25, 0.3) is 0 Å². The first kappa shape index (κ1) is 13.8. The van der Waals surface area contributed by atoms with Gasteiger partial charge in [0.1, 0.15) is 0 Å². The van der Waals surface area contributed by atoms with Crippen molar-refractivity contribution in [3.63, 3.8) is 0 Å².